The van der Waals surface area contributed by atoms with Crippen LogP contribution >= 0.6 is 11.6 Å². The number of piperidine rings is 1. The fourth-order valence-corrected chi connectivity index (χ4v) is 4.31. The first-order valence-corrected chi connectivity index (χ1v) is 10.7. The van der Waals surface area contributed by atoms with E-state index < -0.39 is 0 Å². The standard InChI is InChI=1S/C21H27ClN4O2/c22-18-10-8-15(9-11-18)13-23-21(27)26-12-4-7-17(14-26)20-25-24-19(28-20)16-5-2-1-3-6-16/h8-11,16-17H,1-7,12-14H2,(H,23,27). The van der Waals surface area contributed by atoms with Gasteiger partial charge in [0.15, 0.2) is 0 Å². The van der Waals surface area contributed by atoms with Gasteiger partial charge in [0.1, 0.15) is 0 Å². The highest BCUT2D eigenvalue weighted by molar-refractivity contribution is 6.30. The van der Waals surface area contributed by atoms with E-state index in [4.69, 9.17) is 16.0 Å². The molecule has 4 rings (SSSR count). The summed E-state index contributed by atoms with van der Waals surface area (Å²) < 4.78 is 6.04. The summed E-state index contributed by atoms with van der Waals surface area (Å²) >= 11 is 5.91. The van der Waals surface area contributed by atoms with Crippen LogP contribution in [0, 0.1) is 0 Å². The summed E-state index contributed by atoms with van der Waals surface area (Å²) in [6.07, 6.45) is 8.01. The predicted octanol–water partition coefficient (Wildman–Crippen LogP) is 4.86. The van der Waals surface area contributed by atoms with Gasteiger partial charge in [0.25, 0.3) is 0 Å². The first kappa shape index (κ1) is 19.2. The third-order valence-electron chi connectivity index (χ3n) is 5.83. The fourth-order valence-electron chi connectivity index (χ4n) is 4.18. The van der Waals surface area contributed by atoms with Gasteiger partial charge in [-0.05, 0) is 43.4 Å². The molecule has 1 N–H and O–H groups in total. The molecule has 2 aliphatic rings. The maximum atomic E-state index is 12.6. The minimum atomic E-state index is -0.0494. The van der Waals surface area contributed by atoms with E-state index in [2.05, 4.69) is 15.5 Å². The maximum Gasteiger partial charge on any atom is 0.317 e. The average Bonchev–Trinajstić information content (AvgIpc) is 3.24. The Kier molecular flexibility index (Phi) is 6.15. The summed E-state index contributed by atoms with van der Waals surface area (Å²) in [7, 11) is 0. The van der Waals surface area contributed by atoms with Crippen molar-refractivity contribution >= 4 is 17.6 Å². The molecule has 1 atom stereocenters. The molecule has 1 aromatic heterocycles. The van der Waals surface area contributed by atoms with Crippen molar-refractivity contribution in [2.24, 2.45) is 0 Å². The third kappa shape index (κ3) is 4.66. The molecule has 2 aromatic rings. The summed E-state index contributed by atoms with van der Waals surface area (Å²) in [6.45, 7) is 1.87. The van der Waals surface area contributed by atoms with Crippen molar-refractivity contribution in [3.8, 4) is 0 Å². The van der Waals surface area contributed by atoms with Gasteiger partial charge in [0.2, 0.25) is 11.8 Å². The average molecular weight is 403 g/mol. The van der Waals surface area contributed by atoms with Gasteiger partial charge in [-0.15, -0.1) is 10.2 Å². The zero-order valence-corrected chi connectivity index (χ0v) is 16.8. The second-order valence-electron chi connectivity index (χ2n) is 7.88. The van der Waals surface area contributed by atoms with E-state index >= 15 is 0 Å². The van der Waals surface area contributed by atoms with Gasteiger partial charge in [-0.25, -0.2) is 4.79 Å². The van der Waals surface area contributed by atoms with Crippen LogP contribution in [0.3, 0.4) is 0 Å². The van der Waals surface area contributed by atoms with Crippen LogP contribution in [0.4, 0.5) is 4.79 Å². The second kappa shape index (κ2) is 8.95. The summed E-state index contributed by atoms with van der Waals surface area (Å²) in [5.74, 6) is 2.02. The molecule has 6 nitrogen and oxygen atoms in total. The molecule has 150 valence electrons. The topological polar surface area (TPSA) is 71.3 Å². The molecule has 1 unspecified atom stereocenters. The van der Waals surface area contributed by atoms with Crippen LogP contribution in [0.25, 0.3) is 0 Å². The Morgan fingerprint density at radius 1 is 1.04 bits per heavy atom. The van der Waals surface area contributed by atoms with Gasteiger partial charge < -0.3 is 14.6 Å². The Balaban J connectivity index is 1.32. The quantitative estimate of drug-likeness (QED) is 0.792. The minimum absolute atomic E-state index is 0.0494. The SMILES string of the molecule is O=C(NCc1ccc(Cl)cc1)N1CCCC(c2nnc(C3CCCCC3)o2)C1. The summed E-state index contributed by atoms with van der Waals surface area (Å²) in [6, 6.07) is 7.46. The Bertz CT molecular complexity index is 786. The van der Waals surface area contributed by atoms with Crippen LogP contribution in [0.2, 0.25) is 5.02 Å². The van der Waals surface area contributed by atoms with E-state index in [0.29, 0.717) is 29.9 Å². The maximum absolute atomic E-state index is 12.6. The van der Waals surface area contributed by atoms with Crippen molar-refractivity contribution in [3.63, 3.8) is 0 Å². The van der Waals surface area contributed by atoms with Gasteiger partial charge in [-0.1, -0.05) is 43.0 Å². The number of carbonyl (C=O) groups is 1. The molecule has 1 saturated heterocycles. The lowest BCUT2D eigenvalue weighted by Crippen LogP contribution is -2.44. The number of hydrogen-bond acceptors (Lipinski definition) is 4. The number of nitrogens with one attached hydrogen (secondary N) is 1. The molecule has 1 aromatic carbocycles. The molecule has 0 bridgehead atoms. The molecule has 0 radical (unpaired) electrons. The van der Waals surface area contributed by atoms with E-state index in [1.165, 1.54) is 19.3 Å². The molecule has 28 heavy (non-hydrogen) atoms. The number of likely N-dealkylation sites (tertiary alicyclic amines) is 1. The zero-order chi connectivity index (χ0) is 19.3. The van der Waals surface area contributed by atoms with Crippen molar-refractivity contribution in [1.82, 2.24) is 20.4 Å². The van der Waals surface area contributed by atoms with Gasteiger partial charge >= 0.3 is 6.03 Å². The number of amides is 2. The van der Waals surface area contributed by atoms with Gasteiger partial charge in [-0.3, -0.25) is 0 Å². The zero-order valence-electron chi connectivity index (χ0n) is 16.1. The van der Waals surface area contributed by atoms with E-state index in [1.54, 1.807) is 0 Å². The van der Waals surface area contributed by atoms with Crippen LogP contribution in [0.5, 0.6) is 0 Å². The predicted molar refractivity (Wildman–Crippen MR) is 107 cm³/mol. The Morgan fingerprint density at radius 2 is 1.71 bits per heavy atom. The minimum Gasteiger partial charge on any atom is -0.425 e. The summed E-state index contributed by atoms with van der Waals surface area (Å²) in [5, 5.41) is 12.3. The molecule has 1 aliphatic heterocycles. The van der Waals surface area contributed by atoms with Gasteiger partial charge in [0, 0.05) is 30.6 Å². The molecule has 1 aliphatic carbocycles. The van der Waals surface area contributed by atoms with E-state index in [1.807, 2.05) is 29.2 Å². The van der Waals surface area contributed by atoms with Crippen LogP contribution in [0.1, 0.15) is 74.1 Å². The van der Waals surface area contributed by atoms with Crippen molar-refractivity contribution < 1.29 is 9.21 Å². The van der Waals surface area contributed by atoms with E-state index in [0.717, 1.165) is 43.7 Å². The molecule has 2 amide bonds. The van der Waals surface area contributed by atoms with Crippen LogP contribution in [0.15, 0.2) is 28.7 Å². The monoisotopic (exact) mass is 402 g/mol. The normalized spacial score (nSPS) is 20.9. The number of rotatable bonds is 4. The van der Waals surface area contributed by atoms with E-state index in [-0.39, 0.29) is 11.9 Å². The van der Waals surface area contributed by atoms with Crippen LogP contribution in [-0.4, -0.2) is 34.2 Å². The van der Waals surface area contributed by atoms with Crippen LogP contribution in [-0.2, 0) is 6.54 Å². The number of nitrogens with zero attached hydrogens (tertiary/aromatic N) is 3. The Hall–Kier alpha value is -2.08. The highest BCUT2D eigenvalue weighted by Gasteiger charge is 2.29. The summed E-state index contributed by atoms with van der Waals surface area (Å²) in [4.78, 5) is 14.4. The number of hydrogen-bond donors (Lipinski definition) is 1. The molecule has 2 fully saturated rings. The largest absolute Gasteiger partial charge is 0.425 e. The molecule has 1 saturated carbocycles. The van der Waals surface area contributed by atoms with Crippen LogP contribution < -0.4 is 5.32 Å². The lowest BCUT2D eigenvalue weighted by Gasteiger charge is -2.31. The Morgan fingerprint density at radius 3 is 2.46 bits per heavy atom. The molecule has 0 spiro atoms. The van der Waals surface area contributed by atoms with Gasteiger partial charge in [-0.2, -0.15) is 0 Å². The first-order valence-electron chi connectivity index (χ1n) is 10.3. The van der Waals surface area contributed by atoms with Crippen molar-refractivity contribution in [1.29, 1.82) is 0 Å². The first-order chi connectivity index (χ1) is 13.7. The number of urea groups is 1. The Labute approximate surface area is 170 Å². The smallest absolute Gasteiger partial charge is 0.317 e. The fraction of sp³-hybridized carbons (Fsp3) is 0.571. The van der Waals surface area contributed by atoms with Crippen molar-refractivity contribution in [2.75, 3.05) is 13.1 Å². The number of benzene rings is 1. The van der Waals surface area contributed by atoms with Crippen molar-refractivity contribution in [2.45, 2.75) is 63.3 Å². The number of halogens is 1. The molecular weight excluding hydrogens is 376 g/mol. The van der Waals surface area contributed by atoms with Crippen molar-refractivity contribution in [3.05, 3.63) is 46.6 Å². The highest BCUT2D eigenvalue weighted by Crippen LogP contribution is 2.34. The molecule has 7 heteroatoms. The molecule has 2 heterocycles. The lowest BCUT2D eigenvalue weighted by atomic mass is 9.89. The van der Waals surface area contributed by atoms with Gasteiger partial charge in [0.05, 0.1) is 5.92 Å². The number of aromatic nitrogens is 2. The highest BCUT2D eigenvalue weighted by atomic mass is 35.5. The number of carbonyl (C=O) groups excluding carboxylic acids is 1. The second-order valence-corrected chi connectivity index (χ2v) is 8.32. The molecular formula is C21H27ClN4O2. The third-order valence-corrected chi connectivity index (χ3v) is 6.08. The van der Waals surface area contributed by atoms with E-state index in [9.17, 15) is 4.79 Å². The summed E-state index contributed by atoms with van der Waals surface area (Å²) in [5.41, 5.74) is 1.03. The lowest BCUT2D eigenvalue weighted by molar-refractivity contribution is 0.173.